The smallest absolute Gasteiger partial charge is 0.293 e. The lowest BCUT2D eigenvalue weighted by molar-refractivity contribution is -0.384. The van der Waals surface area contributed by atoms with Crippen molar-refractivity contribution in [3.63, 3.8) is 0 Å². The van der Waals surface area contributed by atoms with Crippen LogP contribution in [0.15, 0.2) is 18.2 Å². The van der Waals surface area contributed by atoms with Crippen LogP contribution in [0.3, 0.4) is 0 Å². The highest BCUT2D eigenvalue weighted by Gasteiger charge is 2.16. The number of rotatable bonds is 6. The van der Waals surface area contributed by atoms with E-state index in [0.29, 0.717) is 5.69 Å². The van der Waals surface area contributed by atoms with E-state index in [1.165, 1.54) is 6.07 Å². The number of nitrogens with zero attached hydrogens (tertiary/aromatic N) is 3. The van der Waals surface area contributed by atoms with Gasteiger partial charge in [-0.15, -0.1) is 0 Å². The largest absolute Gasteiger partial charge is 0.377 e. The summed E-state index contributed by atoms with van der Waals surface area (Å²) in [7, 11) is 3.97. The molecular weight excluding hydrogens is 244 g/mol. The summed E-state index contributed by atoms with van der Waals surface area (Å²) in [5.74, 6) is 0. The predicted octanol–water partition coefficient (Wildman–Crippen LogP) is 2.22. The van der Waals surface area contributed by atoms with Crippen molar-refractivity contribution in [1.29, 1.82) is 5.26 Å². The van der Waals surface area contributed by atoms with Gasteiger partial charge in [0, 0.05) is 12.1 Å². The van der Waals surface area contributed by atoms with E-state index in [9.17, 15) is 10.1 Å². The SMILES string of the molecule is CC(CCN(C)C)Nc1ccc(C#N)cc1[N+](=O)[O-]. The third kappa shape index (κ3) is 4.56. The minimum atomic E-state index is -0.470. The molecule has 0 bridgehead atoms. The van der Waals surface area contributed by atoms with Crippen molar-refractivity contribution in [1.82, 2.24) is 4.90 Å². The zero-order chi connectivity index (χ0) is 14.4. The molecule has 0 fully saturated rings. The van der Waals surface area contributed by atoms with E-state index in [4.69, 9.17) is 5.26 Å². The van der Waals surface area contributed by atoms with Crippen LogP contribution in [0.4, 0.5) is 11.4 Å². The Morgan fingerprint density at radius 2 is 2.21 bits per heavy atom. The quantitative estimate of drug-likeness (QED) is 0.628. The van der Waals surface area contributed by atoms with Crippen molar-refractivity contribution in [3.8, 4) is 6.07 Å². The fourth-order valence-corrected chi connectivity index (χ4v) is 1.66. The van der Waals surface area contributed by atoms with Gasteiger partial charge in [-0.25, -0.2) is 0 Å². The molecule has 1 atom stereocenters. The van der Waals surface area contributed by atoms with Crippen LogP contribution < -0.4 is 5.32 Å². The lowest BCUT2D eigenvalue weighted by Gasteiger charge is -2.17. The Bertz CT molecular complexity index is 494. The van der Waals surface area contributed by atoms with Crippen LogP contribution in [0.2, 0.25) is 0 Å². The first-order valence-electron chi connectivity index (χ1n) is 6.04. The fourth-order valence-electron chi connectivity index (χ4n) is 1.66. The van der Waals surface area contributed by atoms with Crippen molar-refractivity contribution in [2.75, 3.05) is 26.0 Å². The first kappa shape index (κ1) is 14.9. The van der Waals surface area contributed by atoms with E-state index in [-0.39, 0.29) is 17.3 Å². The van der Waals surface area contributed by atoms with Gasteiger partial charge >= 0.3 is 0 Å². The van der Waals surface area contributed by atoms with E-state index >= 15 is 0 Å². The molecule has 1 rings (SSSR count). The molecule has 0 aliphatic rings. The van der Waals surface area contributed by atoms with Gasteiger partial charge in [0.05, 0.1) is 16.6 Å². The van der Waals surface area contributed by atoms with Gasteiger partial charge in [-0.1, -0.05) is 0 Å². The summed E-state index contributed by atoms with van der Waals surface area (Å²) in [4.78, 5) is 12.6. The van der Waals surface area contributed by atoms with E-state index in [1.54, 1.807) is 12.1 Å². The minimum Gasteiger partial charge on any atom is -0.377 e. The van der Waals surface area contributed by atoms with E-state index < -0.39 is 4.92 Å². The minimum absolute atomic E-state index is 0.0595. The maximum absolute atomic E-state index is 11.0. The second-order valence-electron chi connectivity index (χ2n) is 4.74. The topological polar surface area (TPSA) is 82.2 Å². The average Bonchev–Trinajstić information content (AvgIpc) is 2.36. The Balaban J connectivity index is 2.83. The lowest BCUT2D eigenvalue weighted by atomic mass is 10.1. The highest BCUT2D eigenvalue weighted by Crippen LogP contribution is 2.26. The molecule has 6 nitrogen and oxygen atoms in total. The normalized spacial score (nSPS) is 11.9. The highest BCUT2D eigenvalue weighted by molar-refractivity contribution is 5.64. The molecular formula is C13H18N4O2. The zero-order valence-corrected chi connectivity index (χ0v) is 11.4. The van der Waals surface area contributed by atoms with Crippen LogP contribution in [0.1, 0.15) is 18.9 Å². The molecule has 1 aromatic carbocycles. The fraction of sp³-hybridized carbons (Fsp3) is 0.462. The van der Waals surface area contributed by atoms with Crippen molar-refractivity contribution >= 4 is 11.4 Å². The summed E-state index contributed by atoms with van der Waals surface area (Å²) >= 11 is 0. The molecule has 0 heterocycles. The molecule has 0 saturated heterocycles. The Labute approximate surface area is 112 Å². The van der Waals surface area contributed by atoms with E-state index in [2.05, 4.69) is 10.2 Å². The van der Waals surface area contributed by atoms with Crippen LogP contribution in [0, 0.1) is 21.4 Å². The third-order valence-electron chi connectivity index (χ3n) is 2.73. The summed E-state index contributed by atoms with van der Waals surface area (Å²) in [6.07, 6.45) is 0.879. The summed E-state index contributed by atoms with van der Waals surface area (Å²) < 4.78 is 0. The van der Waals surface area contributed by atoms with Gasteiger partial charge in [-0.2, -0.15) is 5.26 Å². The summed E-state index contributed by atoms with van der Waals surface area (Å²) in [5.41, 5.74) is 0.684. The summed E-state index contributed by atoms with van der Waals surface area (Å²) in [6, 6.07) is 6.48. The van der Waals surface area contributed by atoms with Gasteiger partial charge in [0.1, 0.15) is 5.69 Å². The van der Waals surface area contributed by atoms with Crippen molar-refractivity contribution in [2.24, 2.45) is 0 Å². The second kappa shape index (κ2) is 6.71. The number of benzene rings is 1. The van der Waals surface area contributed by atoms with Crippen LogP contribution >= 0.6 is 0 Å². The van der Waals surface area contributed by atoms with E-state index in [0.717, 1.165) is 13.0 Å². The molecule has 0 spiro atoms. The monoisotopic (exact) mass is 262 g/mol. The van der Waals surface area contributed by atoms with E-state index in [1.807, 2.05) is 27.1 Å². The molecule has 0 saturated carbocycles. The van der Waals surface area contributed by atoms with Crippen molar-refractivity contribution in [2.45, 2.75) is 19.4 Å². The Hall–Kier alpha value is -2.13. The molecule has 102 valence electrons. The molecule has 0 aliphatic carbocycles. The van der Waals surface area contributed by atoms with Crippen LogP contribution in [0.25, 0.3) is 0 Å². The second-order valence-corrected chi connectivity index (χ2v) is 4.74. The number of nitriles is 1. The molecule has 0 aliphatic heterocycles. The molecule has 0 amide bonds. The molecule has 0 radical (unpaired) electrons. The Morgan fingerprint density at radius 3 is 2.74 bits per heavy atom. The predicted molar refractivity (Wildman–Crippen MR) is 74.1 cm³/mol. The Morgan fingerprint density at radius 1 is 1.53 bits per heavy atom. The number of hydrogen-bond donors (Lipinski definition) is 1. The van der Waals surface area contributed by atoms with Gasteiger partial charge in [-0.05, 0) is 46.1 Å². The number of anilines is 1. The maximum Gasteiger partial charge on any atom is 0.293 e. The van der Waals surface area contributed by atoms with Crippen molar-refractivity contribution < 1.29 is 4.92 Å². The number of nitrogens with one attached hydrogen (secondary N) is 1. The number of nitro groups is 1. The Kier molecular flexibility index (Phi) is 5.27. The standard InChI is InChI=1S/C13H18N4O2/c1-10(6-7-16(2)3)15-12-5-4-11(9-14)8-13(12)17(18)19/h4-5,8,10,15H,6-7H2,1-3H3. The zero-order valence-electron chi connectivity index (χ0n) is 11.4. The average molecular weight is 262 g/mol. The number of nitro benzene ring substituents is 1. The molecule has 19 heavy (non-hydrogen) atoms. The van der Waals surface area contributed by atoms with Gasteiger partial charge in [-0.3, -0.25) is 10.1 Å². The highest BCUT2D eigenvalue weighted by atomic mass is 16.6. The maximum atomic E-state index is 11.0. The molecule has 1 N–H and O–H groups in total. The molecule has 0 aromatic heterocycles. The number of hydrogen-bond acceptors (Lipinski definition) is 5. The third-order valence-corrected chi connectivity index (χ3v) is 2.73. The first-order valence-corrected chi connectivity index (χ1v) is 6.04. The van der Waals surface area contributed by atoms with Gasteiger partial charge < -0.3 is 10.2 Å². The van der Waals surface area contributed by atoms with Gasteiger partial charge in [0.15, 0.2) is 0 Å². The molecule has 1 unspecified atom stereocenters. The van der Waals surface area contributed by atoms with Crippen LogP contribution in [-0.2, 0) is 0 Å². The van der Waals surface area contributed by atoms with Gasteiger partial charge in [0.2, 0.25) is 0 Å². The first-order chi connectivity index (χ1) is 8.93. The van der Waals surface area contributed by atoms with Crippen LogP contribution in [-0.4, -0.2) is 36.5 Å². The van der Waals surface area contributed by atoms with Gasteiger partial charge in [0.25, 0.3) is 5.69 Å². The van der Waals surface area contributed by atoms with Crippen LogP contribution in [0.5, 0.6) is 0 Å². The van der Waals surface area contributed by atoms with Crippen molar-refractivity contribution in [3.05, 3.63) is 33.9 Å². The molecule has 6 heteroatoms. The molecule has 1 aromatic rings. The summed E-state index contributed by atoms with van der Waals surface area (Å²) in [5, 5.41) is 22.9. The summed E-state index contributed by atoms with van der Waals surface area (Å²) in [6.45, 7) is 2.88. The lowest BCUT2D eigenvalue weighted by Crippen LogP contribution is -2.23.